The number of fused-ring (bicyclic) bond motifs is 1. The largest absolute Gasteiger partial charge is 0.458 e. The predicted octanol–water partition coefficient (Wildman–Crippen LogP) is 3.34. The average molecular weight is 230 g/mol. The Bertz CT molecular complexity index is 513. The first-order valence-corrected chi connectivity index (χ1v) is 4.63. The molecule has 2 rings (SSSR count). The molecular weight excluding hydrogens is 221 g/mol. The lowest BCUT2D eigenvalue weighted by Gasteiger charge is -2.10. The SMILES string of the molecule is Cc1cccc2cc([C@H](O)C(F)(F)F)oc12. The number of benzene rings is 1. The maximum absolute atomic E-state index is 12.3. The third-order valence-corrected chi connectivity index (χ3v) is 2.34. The van der Waals surface area contributed by atoms with Gasteiger partial charge in [-0.25, -0.2) is 0 Å². The first kappa shape index (κ1) is 11.0. The molecule has 1 heterocycles. The Labute approximate surface area is 89.3 Å². The van der Waals surface area contributed by atoms with E-state index in [1.165, 1.54) is 6.07 Å². The van der Waals surface area contributed by atoms with Crippen molar-refractivity contribution in [2.45, 2.75) is 19.2 Å². The van der Waals surface area contributed by atoms with Gasteiger partial charge in [0.2, 0.25) is 6.10 Å². The minimum atomic E-state index is -4.71. The third-order valence-electron chi connectivity index (χ3n) is 2.34. The lowest BCUT2D eigenvalue weighted by Crippen LogP contribution is -2.19. The van der Waals surface area contributed by atoms with Crippen molar-refractivity contribution in [1.82, 2.24) is 0 Å². The highest BCUT2D eigenvalue weighted by molar-refractivity contribution is 5.80. The van der Waals surface area contributed by atoms with E-state index in [2.05, 4.69) is 0 Å². The summed E-state index contributed by atoms with van der Waals surface area (Å²) in [6, 6.07) is 6.30. The zero-order valence-electron chi connectivity index (χ0n) is 8.38. The number of alkyl halides is 3. The van der Waals surface area contributed by atoms with E-state index in [1.54, 1.807) is 25.1 Å². The fourth-order valence-corrected chi connectivity index (χ4v) is 1.52. The Morgan fingerprint density at radius 3 is 2.56 bits per heavy atom. The van der Waals surface area contributed by atoms with Gasteiger partial charge in [0.1, 0.15) is 11.3 Å². The second kappa shape index (κ2) is 3.52. The molecule has 0 saturated carbocycles. The Morgan fingerprint density at radius 1 is 1.31 bits per heavy atom. The number of halogens is 3. The highest BCUT2D eigenvalue weighted by atomic mass is 19.4. The summed E-state index contributed by atoms with van der Waals surface area (Å²) in [5.74, 6) is -0.475. The fraction of sp³-hybridized carbons (Fsp3) is 0.273. The van der Waals surface area contributed by atoms with Crippen LogP contribution >= 0.6 is 0 Å². The smallest absolute Gasteiger partial charge is 0.421 e. The van der Waals surface area contributed by atoms with Gasteiger partial charge in [-0.3, -0.25) is 0 Å². The molecule has 0 saturated heterocycles. The number of rotatable bonds is 1. The van der Waals surface area contributed by atoms with E-state index in [-0.39, 0.29) is 0 Å². The van der Waals surface area contributed by atoms with E-state index >= 15 is 0 Å². The van der Waals surface area contributed by atoms with Crippen LogP contribution in [0, 0.1) is 6.92 Å². The summed E-state index contributed by atoms with van der Waals surface area (Å²) in [5, 5.41) is 9.58. The van der Waals surface area contributed by atoms with Crippen LogP contribution in [0.4, 0.5) is 13.2 Å². The zero-order valence-corrected chi connectivity index (χ0v) is 8.38. The Balaban J connectivity index is 2.52. The summed E-state index contributed by atoms with van der Waals surface area (Å²) >= 11 is 0. The number of hydrogen-bond donors (Lipinski definition) is 1. The number of aliphatic hydroxyl groups is 1. The molecular formula is C11H9F3O2. The van der Waals surface area contributed by atoms with Gasteiger partial charge in [0.05, 0.1) is 0 Å². The molecule has 1 aromatic carbocycles. The van der Waals surface area contributed by atoms with E-state index in [1.807, 2.05) is 0 Å². The van der Waals surface area contributed by atoms with Crippen molar-refractivity contribution in [3.8, 4) is 0 Å². The minimum Gasteiger partial charge on any atom is -0.458 e. The van der Waals surface area contributed by atoms with Gasteiger partial charge in [-0.15, -0.1) is 0 Å². The molecule has 0 bridgehead atoms. The zero-order chi connectivity index (χ0) is 11.9. The van der Waals surface area contributed by atoms with Gasteiger partial charge >= 0.3 is 6.18 Å². The molecule has 2 aromatic rings. The molecule has 0 aliphatic carbocycles. The maximum Gasteiger partial charge on any atom is 0.421 e. The summed E-state index contributed by atoms with van der Waals surface area (Å²) in [4.78, 5) is 0. The lowest BCUT2D eigenvalue weighted by molar-refractivity contribution is -0.211. The van der Waals surface area contributed by atoms with Crippen molar-refractivity contribution in [2.24, 2.45) is 0 Å². The summed E-state index contributed by atoms with van der Waals surface area (Å²) in [7, 11) is 0. The summed E-state index contributed by atoms with van der Waals surface area (Å²) in [6.45, 7) is 1.73. The van der Waals surface area contributed by atoms with Crippen LogP contribution in [0.5, 0.6) is 0 Å². The lowest BCUT2D eigenvalue weighted by atomic mass is 10.1. The fourth-order valence-electron chi connectivity index (χ4n) is 1.52. The monoisotopic (exact) mass is 230 g/mol. The second-order valence-corrected chi connectivity index (χ2v) is 3.59. The highest BCUT2D eigenvalue weighted by Gasteiger charge is 2.41. The number of furan rings is 1. The molecule has 0 aliphatic rings. The highest BCUT2D eigenvalue weighted by Crippen LogP contribution is 2.35. The van der Waals surface area contributed by atoms with Gasteiger partial charge in [-0.1, -0.05) is 18.2 Å². The molecule has 5 heteroatoms. The number of aryl methyl sites for hydroxylation is 1. The molecule has 0 radical (unpaired) electrons. The van der Waals surface area contributed by atoms with Crippen molar-refractivity contribution in [2.75, 3.05) is 0 Å². The minimum absolute atomic E-state index is 0.376. The van der Waals surface area contributed by atoms with E-state index in [4.69, 9.17) is 9.52 Å². The first-order valence-electron chi connectivity index (χ1n) is 4.63. The van der Waals surface area contributed by atoms with Crippen molar-refractivity contribution < 1.29 is 22.7 Å². The van der Waals surface area contributed by atoms with E-state index < -0.39 is 18.0 Å². The average Bonchev–Trinajstić information content (AvgIpc) is 2.60. The second-order valence-electron chi connectivity index (χ2n) is 3.59. The quantitative estimate of drug-likeness (QED) is 0.815. The molecule has 0 spiro atoms. The molecule has 0 fully saturated rings. The van der Waals surface area contributed by atoms with Gasteiger partial charge in [0.25, 0.3) is 0 Å². The Morgan fingerprint density at radius 2 is 2.00 bits per heavy atom. The standard InChI is InChI=1S/C11H9F3O2/c1-6-3-2-4-7-5-8(16-9(6)7)10(15)11(12,13)14/h2-5,10,15H,1H3/t10-/m0/s1. The number of para-hydroxylation sites is 1. The van der Waals surface area contributed by atoms with Crippen molar-refractivity contribution in [3.63, 3.8) is 0 Å². The van der Waals surface area contributed by atoms with Gasteiger partial charge < -0.3 is 9.52 Å². The van der Waals surface area contributed by atoms with Crippen LogP contribution in [0.15, 0.2) is 28.7 Å². The first-order chi connectivity index (χ1) is 7.39. The molecule has 1 aromatic heterocycles. The summed E-state index contributed by atoms with van der Waals surface area (Å²) in [6.07, 6.45) is -7.28. The van der Waals surface area contributed by atoms with Crippen LogP contribution in [0.3, 0.4) is 0 Å². The van der Waals surface area contributed by atoms with E-state index in [0.29, 0.717) is 11.0 Å². The predicted molar refractivity (Wildman–Crippen MR) is 52.0 cm³/mol. The third kappa shape index (κ3) is 1.78. The van der Waals surface area contributed by atoms with Gasteiger partial charge in [-0.2, -0.15) is 13.2 Å². The molecule has 0 amide bonds. The molecule has 1 N–H and O–H groups in total. The topological polar surface area (TPSA) is 33.4 Å². The Hall–Kier alpha value is -1.49. The molecule has 0 unspecified atom stereocenters. The van der Waals surface area contributed by atoms with Crippen LogP contribution in [0.1, 0.15) is 17.4 Å². The number of hydrogen-bond acceptors (Lipinski definition) is 2. The van der Waals surface area contributed by atoms with E-state index in [9.17, 15) is 13.2 Å². The summed E-state index contributed by atoms with van der Waals surface area (Å²) < 4.78 is 41.8. The van der Waals surface area contributed by atoms with Crippen LogP contribution in [-0.4, -0.2) is 11.3 Å². The van der Waals surface area contributed by atoms with Gasteiger partial charge in [-0.05, 0) is 18.6 Å². The van der Waals surface area contributed by atoms with Crippen LogP contribution in [0.2, 0.25) is 0 Å². The van der Waals surface area contributed by atoms with Crippen LogP contribution in [0.25, 0.3) is 11.0 Å². The summed E-state index contributed by atoms with van der Waals surface area (Å²) in [5.41, 5.74) is 1.11. The van der Waals surface area contributed by atoms with Crippen LogP contribution < -0.4 is 0 Å². The molecule has 2 nitrogen and oxygen atoms in total. The van der Waals surface area contributed by atoms with Crippen LogP contribution in [-0.2, 0) is 0 Å². The van der Waals surface area contributed by atoms with Crippen molar-refractivity contribution in [1.29, 1.82) is 0 Å². The van der Waals surface area contributed by atoms with E-state index in [0.717, 1.165) is 5.56 Å². The van der Waals surface area contributed by atoms with Crippen molar-refractivity contribution >= 4 is 11.0 Å². The molecule has 0 aliphatic heterocycles. The Kier molecular flexibility index (Phi) is 2.42. The molecule has 86 valence electrons. The van der Waals surface area contributed by atoms with Crippen molar-refractivity contribution in [3.05, 3.63) is 35.6 Å². The van der Waals surface area contributed by atoms with Gasteiger partial charge in [0, 0.05) is 5.39 Å². The number of aliphatic hydroxyl groups excluding tert-OH is 1. The molecule has 16 heavy (non-hydrogen) atoms. The maximum atomic E-state index is 12.3. The normalized spacial score (nSPS) is 14.3. The molecule has 1 atom stereocenters. The van der Waals surface area contributed by atoms with Gasteiger partial charge in [0.15, 0.2) is 0 Å².